The molecule has 0 bridgehead atoms. The molecule has 5 heteroatoms. The maximum atomic E-state index is 5.46. The molecule has 60 heavy (non-hydrogen) atoms. The van der Waals surface area contributed by atoms with E-state index in [2.05, 4.69) is 191 Å². The largest absolute Gasteiger partial charge is 0.307 e. The summed E-state index contributed by atoms with van der Waals surface area (Å²) in [4.78, 5) is 16.1. The van der Waals surface area contributed by atoms with Crippen molar-refractivity contribution in [1.82, 2.24) is 24.1 Å². The molecule has 0 spiro atoms. The fourth-order valence-corrected chi connectivity index (χ4v) is 9.37. The molecule has 3 aromatic heterocycles. The summed E-state index contributed by atoms with van der Waals surface area (Å²) in [5, 5.41) is 7.13. The van der Waals surface area contributed by atoms with E-state index in [-0.39, 0.29) is 0 Å². The first-order chi connectivity index (χ1) is 29.8. The number of rotatable bonds is 6. The molecule has 0 aliphatic heterocycles. The highest BCUT2D eigenvalue weighted by Crippen LogP contribution is 2.43. The molecule has 12 rings (SSSR count). The Labute approximate surface area is 346 Å². The highest BCUT2D eigenvalue weighted by molar-refractivity contribution is 6.24. The van der Waals surface area contributed by atoms with Gasteiger partial charge in [0.05, 0.1) is 27.8 Å². The number of nitrogens with zero attached hydrogens (tertiary/aromatic N) is 5. The molecule has 0 saturated carbocycles. The summed E-state index contributed by atoms with van der Waals surface area (Å²) in [5.41, 5.74) is 12.2. The molecule has 0 fully saturated rings. The summed E-state index contributed by atoms with van der Waals surface area (Å²) >= 11 is 0. The van der Waals surface area contributed by atoms with Crippen molar-refractivity contribution in [2.75, 3.05) is 0 Å². The third-order valence-corrected chi connectivity index (χ3v) is 12.1. The zero-order valence-electron chi connectivity index (χ0n) is 32.7. The molecule has 3 heterocycles. The van der Waals surface area contributed by atoms with Crippen LogP contribution in [-0.4, -0.2) is 24.1 Å². The van der Waals surface area contributed by atoms with Crippen molar-refractivity contribution in [2.45, 2.75) is 12.8 Å². The van der Waals surface area contributed by atoms with Gasteiger partial charge in [-0.15, -0.1) is 0 Å². The minimum atomic E-state index is 0.581. The molecule has 1 aliphatic carbocycles. The van der Waals surface area contributed by atoms with Gasteiger partial charge < -0.3 is 4.57 Å². The van der Waals surface area contributed by atoms with Crippen molar-refractivity contribution in [3.05, 3.63) is 212 Å². The van der Waals surface area contributed by atoms with Gasteiger partial charge in [-0.3, -0.25) is 4.57 Å². The molecule has 0 unspecified atom stereocenters. The van der Waals surface area contributed by atoms with Gasteiger partial charge in [0.15, 0.2) is 11.6 Å². The van der Waals surface area contributed by atoms with Gasteiger partial charge in [-0.1, -0.05) is 176 Å². The molecule has 282 valence electrons. The normalized spacial score (nSPS) is 13.1. The van der Waals surface area contributed by atoms with E-state index in [1.54, 1.807) is 0 Å². The molecule has 1 aliphatic rings. The standard InChI is InChI=1S/C55H37N5/c1-3-17-37(18-4-1)43-26-9-12-30-48(43)59-49-31-13-10-27-44(49)46-33-34-47-45-28-11-14-32-50(45)60(52(47)51(46)59)55-57-53(38-20-5-2-6-21-38)56-54(58-55)40-24-15-23-39(35-40)42-29-16-22-36-19-7-8-25-41(36)42/h1-14,16-22,24-35H,15,23H2. The Morgan fingerprint density at radius 1 is 0.400 bits per heavy atom. The van der Waals surface area contributed by atoms with E-state index in [4.69, 9.17) is 15.0 Å². The minimum absolute atomic E-state index is 0.581. The summed E-state index contributed by atoms with van der Waals surface area (Å²) in [6, 6.07) is 66.9. The number of para-hydroxylation sites is 3. The summed E-state index contributed by atoms with van der Waals surface area (Å²) in [6.07, 6.45) is 6.41. The van der Waals surface area contributed by atoms with Gasteiger partial charge in [-0.05, 0) is 64.6 Å². The summed E-state index contributed by atoms with van der Waals surface area (Å²) in [5.74, 6) is 1.87. The predicted octanol–water partition coefficient (Wildman–Crippen LogP) is 13.8. The van der Waals surface area contributed by atoms with Crippen molar-refractivity contribution in [2.24, 2.45) is 0 Å². The highest BCUT2D eigenvalue weighted by atomic mass is 15.2. The SMILES string of the molecule is C1=C(c2nc(-c3ccccc3)nc(-n3c4ccccc4c4ccc5c6ccccc6n(-c6ccccc6-c6ccccc6)c5c43)n2)C=C(c2cccc3ccccc23)CC1. The van der Waals surface area contributed by atoms with E-state index < -0.39 is 0 Å². The molecule has 0 radical (unpaired) electrons. The van der Waals surface area contributed by atoms with E-state index in [0.29, 0.717) is 17.6 Å². The van der Waals surface area contributed by atoms with E-state index in [1.807, 2.05) is 18.2 Å². The lowest BCUT2D eigenvalue weighted by Gasteiger charge is -2.17. The van der Waals surface area contributed by atoms with Gasteiger partial charge in [-0.25, -0.2) is 4.98 Å². The van der Waals surface area contributed by atoms with Crippen molar-refractivity contribution < 1.29 is 0 Å². The van der Waals surface area contributed by atoms with Crippen LogP contribution in [-0.2, 0) is 0 Å². The topological polar surface area (TPSA) is 48.5 Å². The van der Waals surface area contributed by atoms with Crippen LogP contribution < -0.4 is 0 Å². The van der Waals surface area contributed by atoms with Crippen LogP contribution in [0.3, 0.4) is 0 Å². The second kappa shape index (κ2) is 13.9. The van der Waals surface area contributed by atoms with Crippen molar-refractivity contribution in [3.8, 4) is 34.2 Å². The first-order valence-electron chi connectivity index (χ1n) is 20.6. The van der Waals surface area contributed by atoms with E-state index in [9.17, 15) is 0 Å². The summed E-state index contributed by atoms with van der Waals surface area (Å²) in [7, 11) is 0. The molecule has 5 nitrogen and oxygen atoms in total. The lowest BCUT2D eigenvalue weighted by atomic mass is 9.90. The average molecular weight is 768 g/mol. The van der Waals surface area contributed by atoms with Gasteiger partial charge in [0.2, 0.25) is 5.95 Å². The van der Waals surface area contributed by atoms with Crippen LogP contribution in [0.1, 0.15) is 24.2 Å². The Bertz CT molecular complexity index is 3530. The molecular weight excluding hydrogens is 731 g/mol. The first-order valence-corrected chi connectivity index (χ1v) is 20.6. The third kappa shape index (κ3) is 5.44. The average Bonchev–Trinajstić information content (AvgIpc) is 3.85. The van der Waals surface area contributed by atoms with Gasteiger partial charge in [0.1, 0.15) is 0 Å². The number of fused-ring (bicyclic) bond motifs is 8. The number of benzene rings is 8. The van der Waals surface area contributed by atoms with Crippen LogP contribution in [0.5, 0.6) is 0 Å². The third-order valence-electron chi connectivity index (χ3n) is 12.1. The maximum absolute atomic E-state index is 5.46. The zero-order chi connectivity index (χ0) is 39.6. The van der Waals surface area contributed by atoms with Crippen molar-refractivity contribution >= 4 is 65.5 Å². The van der Waals surface area contributed by atoms with Crippen LogP contribution >= 0.6 is 0 Å². The Hall–Kier alpha value is -7.89. The highest BCUT2D eigenvalue weighted by Gasteiger charge is 2.25. The number of hydrogen-bond acceptors (Lipinski definition) is 3. The Balaban J connectivity index is 1.17. The summed E-state index contributed by atoms with van der Waals surface area (Å²) in [6.45, 7) is 0. The smallest absolute Gasteiger partial charge is 0.238 e. The second-order valence-electron chi connectivity index (χ2n) is 15.5. The monoisotopic (exact) mass is 767 g/mol. The van der Waals surface area contributed by atoms with Gasteiger partial charge in [0, 0.05) is 38.2 Å². The molecule has 11 aromatic rings. The minimum Gasteiger partial charge on any atom is -0.307 e. The number of allylic oxidation sites excluding steroid dienone is 4. The summed E-state index contributed by atoms with van der Waals surface area (Å²) < 4.78 is 4.73. The number of hydrogen-bond donors (Lipinski definition) is 0. The first kappa shape index (κ1) is 34.2. The fourth-order valence-electron chi connectivity index (χ4n) is 9.37. The zero-order valence-corrected chi connectivity index (χ0v) is 32.7. The molecular formula is C55H37N5. The van der Waals surface area contributed by atoms with E-state index in [1.165, 1.54) is 32.7 Å². The van der Waals surface area contributed by atoms with E-state index >= 15 is 0 Å². The predicted molar refractivity (Wildman–Crippen MR) is 249 cm³/mol. The van der Waals surface area contributed by atoms with Gasteiger partial charge in [-0.2, -0.15) is 9.97 Å². The van der Waals surface area contributed by atoms with Crippen molar-refractivity contribution in [1.29, 1.82) is 0 Å². The van der Waals surface area contributed by atoms with Crippen molar-refractivity contribution in [3.63, 3.8) is 0 Å². The molecule has 0 atom stereocenters. The Morgan fingerprint density at radius 2 is 0.967 bits per heavy atom. The molecule has 8 aromatic carbocycles. The molecule has 0 N–H and O–H groups in total. The molecule has 0 saturated heterocycles. The lowest BCUT2D eigenvalue weighted by molar-refractivity contribution is 0.929. The fraction of sp³-hybridized carbons (Fsp3) is 0.0364. The molecule has 0 amide bonds. The lowest BCUT2D eigenvalue weighted by Crippen LogP contribution is -2.09. The van der Waals surface area contributed by atoms with Crippen LogP contribution in [0.2, 0.25) is 0 Å². The number of aromatic nitrogens is 5. The Kier molecular flexibility index (Phi) is 7.91. The van der Waals surface area contributed by atoms with E-state index in [0.717, 1.165) is 73.6 Å². The van der Waals surface area contributed by atoms with Crippen LogP contribution in [0.4, 0.5) is 0 Å². The Morgan fingerprint density at radius 3 is 1.73 bits per heavy atom. The van der Waals surface area contributed by atoms with Crippen LogP contribution in [0.15, 0.2) is 200 Å². The maximum Gasteiger partial charge on any atom is 0.238 e. The quantitative estimate of drug-likeness (QED) is 0.169. The van der Waals surface area contributed by atoms with Gasteiger partial charge >= 0.3 is 0 Å². The second-order valence-corrected chi connectivity index (χ2v) is 15.5. The van der Waals surface area contributed by atoms with Crippen LogP contribution in [0.25, 0.3) is 99.7 Å². The van der Waals surface area contributed by atoms with Gasteiger partial charge in [0.25, 0.3) is 0 Å². The van der Waals surface area contributed by atoms with Crippen LogP contribution in [0, 0.1) is 0 Å².